The van der Waals surface area contributed by atoms with Crippen molar-refractivity contribution in [3.8, 4) is 0 Å². The molecule has 0 spiro atoms. The minimum absolute atomic E-state index is 0.726. The second-order valence-corrected chi connectivity index (χ2v) is 5.04. The van der Waals surface area contributed by atoms with Crippen LogP contribution in [-0.4, -0.2) is 11.0 Å². The van der Waals surface area contributed by atoms with E-state index in [9.17, 15) is 0 Å². The molecular weight excluding hydrogens is 311 g/mol. The Morgan fingerprint density at radius 2 is 2.00 bits per heavy atom. The van der Waals surface area contributed by atoms with Crippen molar-refractivity contribution in [3.05, 3.63) is 35.9 Å². The molecule has 0 bridgehead atoms. The maximum Gasteiger partial charge on any atom is 0.0717 e. The van der Waals surface area contributed by atoms with Crippen LogP contribution in [0.5, 0.6) is 0 Å². The van der Waals surface area contributed by atoms with Gasteiger partial charge in [0.1, 0.15) is 0 Å². The topological polar surface area (TPSA) is 9.23 Å². The van der Waals surface area contributed by atoms with E-state index in [0.717, 1.165) is 19.1 Å². The van der Waals surface area contributed by atoms with E-state index in [4.69, 9.17) is 4.74 Å². The Hall–Kier alpha value is -0.0900. The molecule has 0 N–H and O–H groups in total. The first-order valence-corrected chi connectivity index (χ1v) is 7.57. The Bertz CT molecular complexity index is 261. The second kappa shape index (κ2) is 8.99. The monoisotopic (exact) mass is 332 g/mol. The Labute approximate surface area is 113 Å². The molecule has 0 aliphatic carbocycles. The Morgan fingerprint density at radius 3 is 2.62 bits per heavy atom. The van der Waals surface area contributed by atoms with E-state index >= 15 is 0 Å². The summed E-state index contributed by atoms with van der Waals surface area (Å²) in [6.07, 6.45) is 3.91. The number of hydrogen-bond donors (Lipinski definition) is 0. The van der Waals surface area contributed by atoms with E-state index in [1.807, 2.05) is 6.07 Å². The van der Waals surface area contributed by atoms with Crippen LogP contribution in [0.4, 0.5) is 0 Å². The molecule has 90 valence electrons. The van der Waals surface area contributed by atoms with Gasteiger partial charge in [-0.1, -0.05) is 72.7 Å². The summed E-state index contributed by atoms with van der Waals surface area (Å²) in [5, 5.41) is 0. The molecule has 1 aromatic carbocycles. The van der Waals surface area contributed by atoms with Crippen molar-refractivity contribution in [2.24, 2.45) is 5.92 Å². The Balaban J connectivity index is 2.18. The maximum absolute atomic E-state index is 5.76. The number of ether oxygens (including phenoxy) is 1. The molecule has 0 radical (unpaired) electrons. The fourth-order valence-electron chi connectivity index (χ4n) is 1.62. The van der Waals surface area contributed by atoms with Gasteiger partial charge >= 0.3 is 0 Å². The van der Waals surface area contributed by atoms with E-state index < -0.39 is 0 Å². The van der Waals surface area contributed by atoms with Gasteiger partial charge in [-0.2, -0.15) is 0 Å². The predicted molar refractivity (Wildman–Crippen MR) is 78.0 cm³/mol. The van der Waals surface area contributed by atoms with Crippen LogP contribution in [0.15, 0.2) is 30.3 Å². The highest BCUT2D eigenvalue weighted by Crippen LogP contribution is 2.13. The fourth-order valence-corrected chi connectivity index (χ4v) is 2.31. The SMILES string of the molecule is CCCC[C@H](CI)COCc1ccccc1. The number of hydrogen-bond acceptors (Lipinski definition) is 1. The highest BCUT2D eigenvalue weighted by atomic mass is 127. The smallest absolute Gasteiger partial charge is 0.0717 e. The molecule has 0 aliphatic rings. The summed E-state index contributed by atoms with van der Waals surface area (Å²) in [6.45, 7) is 3.90. The lowest BCUT2D eigenvalue weighted by Crippen LogP contribution is -2.11. The van der Waals surface area contributed by atoms with Crippen molar-refractivity contribution in [2.45, 2.75) is 32.8 Å². The van der Waals surface area contributed by atoms with Gasteiger partial charge in [0.2, 0.25) is 0 Å². The lowest BCUT2D eigenvalue weighted by molar-refractivity contribution is 0.0910. The lowest BCUT2D eigenvalue weighted by Gasteiger charge is -2.13. The molecule has 16 heavy (non-hydrogen) atoms. The van der Waals surface area contributed by atoms with E-state index in [2.05, 4.69) is 53.8 Å². The van der Waals surface area contributed by atoms with Crippen LogP contribution in [0.1, 0.15) is 31.7 Å². The number of unbranched alkanes of at least 4 members (excludes halogenated alkanes) is 1. The van der Waals surface area contributed by atoms with E-state index in [0.29, 0.717) is 0 Å². The van der Waals surface area contributed by atoms with Crippen LogP contribution < -0.4 is 0 Å². The van der Waals surface area contributed by atoms with Gasteiger partial charge in [-0.3, -0.25) is 0 Å². The highest BCUT2D eigenvalue weighted by Gasteiger charge is 2.06. The third-order valence-corrected chi connectivity index (χ3v) is 3.89. The molecule has 1 nitrogen and oxygen atoms in total. The molecule has 0 aromatic heterocycles. The van der Waals surface area contributed by atoms with Gasteiger partial charge < -0.3 is 4.74 Å². The van der Waals surface area contributed by atoms with Crippen molar-refractivity contribution in [2.75, 3.05) is 11.0 Å². The summed E-state index contributed by atoms with van der Waals surface area (Å²) in [4.78, 5) is 0. The average Bonchev–Trinajstić information content (AvgIpc) is 2.35. The summed E-state index contributed by atoms with van der Waals surface area (Å²) in [5.41, 5.74) is 1.27. The molecule has 2 heteroatoms. The minimum atomic E-state index is 0.726. The number of halogens is 1. The molecule has 0 aliphatic heterocycles. The van der Waals surface area contributed by atoms with Gasteiger partial charge in [-0.05, 0) is 17.9 Å². The molecule has 0 saturated heterocycles. The summed E-state index contributed by atoms with van der Waals surface area (Å²) < 4.78 is 6.97. The van der Waals surface area contributed by atoms with Crippen LogP contribution in [-0.2, 0) is 11.3 Å². The zero-order valence-electron chi connectivity index (χ0n) is 9.99. The van der Waals surface area contributed by atoms with Crippen LogP contribution in [0.3, 0.4) is 0 Å². The first kappa shape index (κ1) is 14.0. The Morgan fingerprint density at radius 1 is 1.25 bits per heavy atom. The van der Waals surface area contributed by atoms with Crippen molar-refractivity contribution >= 4 is 22.6 Å². The van der Waals surface area contributed by atoms with E-state index in [1.165, 1.54) is 29.3 Å². The van der Waals surface area contributed by atoms with Crippen molar-refractivity contribution in [3.63, 3.8) is 0 Å². The largest absolute Gasteiger partial charge is 0.376 e. The van der Waals surface area contributed by atoms with Gasteiger partial charge in [-0.15, -0.1) is 0 Å². The second-order valence-electron chi connectivity index (χ2n) is 4.16. The normalized spacial score (nSPS) is 12.6. The Kier molecular flexibility index (Phi) is 7.85. The third-order valence-electron chi connectivity index (χ3n) is 2.65. The molecule has 0 fully saturated rings. The summed E-state index contributed by atoms with van der Waals surface area (Å²) in [7, 11) is 0. The lowest BCUT2D eigenvalue weighted by atomic mass is 10.1. The van der Waals surface area contributed by atoms with E-state index in [-0.39, 0.29) is 0 Å². The van der Waals surface area contributed by atoms with Gasteiger partial charge in [-0.25, -0.2) is 0 Å². The van der Waals surface area contributed by atoms with Crippen molar-refractivity contribution < 1.29 is 4.74 Å². The molecule has 1 atom stereocenters. The third kappa shape index (κ3) is 5.85. The highest BCUT2D eigenvalue weighted by molar-refractivity contribution is 14.1. The van der Waals surface area contributed by atoms with Crippen LogP contribution in [0.25, 0.3) is 0 Å². The average molecular weight is 332 g/mol. The molecule has 0 unspecified atom stereocenters. The molecule has 0 saturated carbocycles. The van der Waals surface area contributed by atoms with Crippen LogP contribution in [0.2, 0.25) is 0 Å². The van der Waals surface area contributed by atoms with Gasteiger partial charge in [0.25, 0.3) is 0 Å². The molecule has 1 rings (SSSR count). The van der Waals surface area contributed by atoms with Crippen molar-refractivity contribution in [1.82, 2.24) is 0 Å². The zero-order valence-corrected chi connectivity index (χ0v) is 12.2. The fraction of sp³-hybridized carbons (Fsp3) is 0.571. The zero-order chi connectivity index (χ0) is 11.6. The molecule has 0 heterocycles. The molecule has 0 amide bonds. The van der Waals surface area contributed by atoms with Gasteiger partial charge in [0.05, 0.1) is 13.2 Å². The maximum atomic E-state index is 5.76. The van der Waals surface area contributed by atoms with Gasteiger partial charge in [0.15, 0.2) is 0 Å². The van der Waals surface area contributed by atoms with Crippen molar-refractivity contribution in [1.29, 1.82) is 0 Å². The molecular formula is C14H21IO. The van der Waals surface area contributed by atoms with Gasteiger partial charge in [0, 0.05) is 4.43 Å². The minimum Gasteiger partial charge on any atom is -0.376 e. The van der Waals surface area contributed by atoms with E-state index in [1.54, 1.807) is 0 Å². The molecule has 1 aromatic rings. The van der Waals surface area contributed by atoms with Crippen LogP contribution >= 0.6 is 22.6 Å². The summed E-state index contributed by atoms with van der Waals surface area (Å²) in [6, 6.07) is 10.4. The quantitative estimate of drug-likeness (QED) is 0.505. The predicted octanol–water partition coefficient (Wildman–Crippen LogP) is 4.44. The summed E-state index contributed by atoms with van der Waals surface area (Å²) >= 11 is 2.46. The van der Waals surface area contributed by atoms with Crippen LogP contribution in [0, 0.1) is 5.92 Å². The number of rotatable bonds is 8. The first-order valence-electron chi connectivity index (χ1n) is 6.04. The number of benzene rings is 1. The summed E-state index contributed by atoms with van der Waals surface area (Å²) in [5.74, 6) is 0.726. The number of alkyl halides is 1. The first-order chi connectivity index (χ1) is 7.86. The standard InChI is InChI=1S/C14H21IO/c1-2-3-7-14(10-15)12-16-11-13-8-5-4-6-9-13/h4-6,8-9,14H,2-3,7,10-12H2,1H3/t14-/m1/s1.